The molecule has 4 heteroatoms. The average molecular weight is 273 g/mol. The Morgan fingerprint density at radius 2 is 2.05 bits per heavy atom. The third-order valence-electron chi connectivity index (χ3n) is 3.60. The molecule has 0 aliphatic carbocycles. The zero-order valence-corrected chi connectivity index (χ0v) is 12.2. The summed E-state index contributed by atoms with van der Waals surface area (Å²) in [6.45, 7) is 3.71. The van der Waals surface area contributed by atoms with Gasteiger partial charge >= 0.3 is 0 Å². The minimum atomic E-state index is 0.0546. The van der Waals surface area contributed by atoms with E-state index in [2.05, 4.69) is 35.3 Å². The summed E-state index contributed by atoms with van der Waals surface area (Å²) in [6.07, 6.45) is 8.39. The number of hydrogen-bond acceptors (Lipinski definition) is 2. The lowest BCUT2D eigenvalue weighted by atomic mass is 10.1. The predicted molar refractivity (Wildman–Crippen MR) is 81.8 cm³/mol. The maximum Gasteiger partial charge on any atom is 0.250 e. The van der Waals surface area contributed by atoms with Crippen molar-refractivity contribution < 1.29 is 0 Å². The first-order valence-corrected chi connectivity index (χ1v) is 7.23. The van der Waals surface area contributed by atoms with Gasteiger partial charge in [0.1, 0.15) is 0 Å². The molecule has 2 rings (SSSR count). The molecule has 1 N–H and O–H groups in total. The molecule has 0 radical (unpaired) electrons. The Morgan fingerprint density at radius 1 is 1.20 bits per heavy atom. The highest BCUT2D eigenvalue weighted by Gasteiger charge is 2.09. The van der Waals surface area contributed by atoms with E-state index in [-0.39, 0.29) is 5.56 Å². The van der Waals surface area contributed by atoms with E-state index in [0.29, 0.717) is 12.6 Å². The monoisotopic (exact) mass is 273 g/mol. The number of rotatable bonds is 7. The van der Waals surface area contributed by atoms with Crippen molar-refractivity contribution in [2.45, 2.75) is 38.9 Å². The smallest absolute Gasteiger partial charge is 0.250 e. The van der Waals surface area contributed by atoms with Crippen molar-refractivity contribution in [2.24, 2.45) is 0 Å². The molecule has 2 heterocycles. The fourth-order valence-electron chi connectivity index (χ4n) is 2.44. The van der Waals surface area contributed by atoms with Gasteiger partial charge in [0, 0.05) is 43.8 Å². The largest absolute Gasteiger partial charge is 0.352 e. The van der Waals surface area contributed by atoms with Crippen molar-refractivity contribution in [3.8, 4) is 0 Å². The number of pyridine rings is 1. The maximum absolute atomic E-state index is 11.6. The molecule has 0 saturated carbocycles. The number of hydrogen-bond donors (Lipinski definition) is 1. The molecule has 1 unspecified atom stereocenters. The van der Waals surface area contributed by atoms with Gasteiger partial charge in [0.15, 0.2) is 0 Å². The quantitative estimate of drug-likeness (QED) is 0.841. The number of nitrogens with one attached hydrogen (secondary N) is 1. The lowest BCUT2D eigenvalue weighted by Crippen LogP contribution is -2.20. The number of nitrogens with zero attached hydrogens (tertiary/aromatic N) is 2. The lowest BCUT2D eigenvalue weighted by Gasteiger charge is -2.13. The molecular weight excluding hydrogens is 250 g/mol. The molecule has 0 spiro atoms. The lowest BCUT2D eigenvalue weighted by molar-refractivity contribution is 0.534. The van der Waals surface area contributed by atoms with E-state index in [1.54, 1.807) is 16.7 Å². The summed E-state index contributed by atoms with van der Waals surface area (Å²) in [5, 5.41) is 3.35. The first-order chi connectivity index (χ1) is 9.74. The third-order valence-corrected chi connectivity index (χ3v) is 3.60. The summed E-state index contributed by atoms with van der Waals surface area (Å²) >= 11 is 0. The van der Waals surface area contributed by atoms with Gasteiger partial charge in [-0.1, -0.05) is 19.4 Å². The summed E-state index contributed by atoms with van der Waals surface area (Å²) in [6, 6.07) is 7.83. The van der Waals surface area contributed by atoms with Crippen LogP contribution in [0.4, 0.5) is 0 Å². The maximum atomic E-state index is 11.6. The highest BCUT2D eigenvalue weighted by atomic mass is 16.1. The topological polar surface area (TPSA) is 39.0 Å². The Kier molecular flexibility index (Phi) is 5.18. The minimum absolute atomic E-state index is 0.0546. The van der Waals surface area contributed by atoms with Crippen LogP contribution in [0.3, 0.4) is 0 Å². The number of aromatic nitrogens is 2. The summed E-state index contributed by atoms with van der Waals surface area (Å²) < 4.78 is 3.88. The summed E-state index contributed by atoms with van der Waals surface area (Å²) in [4.78, 5) is 11.6. The Morgan fingerprint density at radius 3 is 2.75 bits per heavy atom. The molecule has 0 bridgehead atoms. The van der Waals surface area contributed by atoms with Crippen LogP contribution in [0.2, 0.25) is 0 Å². The standard InChI is InChI=1S/C16H23N3O/c1-3-6-15(17-2)14-8-10-18(13-14)11-12-19-9-5-4-7-16(19)20/h4-5,7-10,13,15,17H,3,6,11-12H2,1-2H3. The molecule has 0 fully saturated rings. The molecule has 2 aromatic heterocycles. The van der Waals surface area contributed by atoms with Gasteiger partial charge < -0.3 is 14.5 Å². The molecule has 2 aromatic rings. The molecule has 0 aliphatic heterocycles. The zero-order chi connectivity index (χ0) is 14.4. The van der Waals surface area contributed by atoms with Crippen LogP contribution in [0.5, 0.6) is 0 Å². The SMILES string of the molecule is CCCC(NC)c1ccn(CCn2ccccc2=O)c1. The van der Waals surface area contributed by atoms with Gasteiger partial charge in [-0.25, -0.2) is 0 Å². The van der Waals surface area contributed by atoms with Crippen LogP contribution in [0.15, 0.2) is 47.7 Å². The van der Waals surface area contributed by atoms with Crippen molar-refractivity contribution in [1.82, 2.24) is 14.5 Å². The van der Waals surface area contributed by atoms with Crippen molar-refractivity contribution in [2.75, 3.05) is 7.05 Å². The summed E-state index contributed by atoms with van der Waals surface area (Å²) in [7, 11) is 2.00. The highest BCUT2D eigenvalue weighted by Crippen LogP contribution is 2.18. The summed E-state index contributed by atoms with van der Waals surface area (Å²) in [5.74, 6) is 0. The van der Waals surface area contributed by atoms with E-state index >= 15 is 0 Å². The van der Waals surface area contributed by atoms with Crippen molar-refractivity contribution in [3.05, 3.63) is 58.8 Å². The van der Waals surface area contributed by atoms with Crippen molar-refractivity contribution in [3.63, 3.8) is 0 Å². The Balaban J connectivity index is 1.99. The van der Waals surface area contributed by atoms with E-state index in [1.807, 2.05) is 19.3 Å². The van der Waals surface area contributed by atoms with Crippen LogP contribution >= 0.6 is 0 Å². The molecule has 0 aliphatic rings. The number of aryl methyl sites for hydroxylation is 2. The molecule has 0 saturated heterocycles. The molecule has 0 amide bonds. The van der Waals surface area contributed by atoms with Crippen LogP contribution in [-0.2, 0) is 13.1 Å². The van der Waals surface area contributed by atoms with Gasteiger partial charge in [-0.15, -0.1) is 0 Å². The molecule has 0 aromatic carbocycles. The molecular formula is C16H23N3O. The van der Waals surface area contributed by atoms with Gasteiger partial charge in [0.05, 0.1) is 0 Å². The molecule has 108 valence electrons. The van der Waals surface area contributed by atoms with Crippen LogP contribution in [-0.4, -0.2) is 16.2 Å². The predicted octanol–water partition coefficient (Wildman–Crippen LogP) is 2.41. The van der Waals surface area contributed by atoms with Crippen molar-refractivity contribution in [1.29, 1.82) is 0 Å². The van der Waals surface area contributed by atoms with E-state index in [4.69, 9.17) is 0 Å². The Labute approximate surface area is 120 Å². The molecule has 4 nitrogen and oxygen atoms in total. The Bertz CT molecular complexity index is 585. The third kappa shape index (κ3) is 3.61. The zero-order valence-electron chi connectivity index (χ0n) is 12.2. The van der Waals surface area contributed by atoms with E-state index in [0.717, 1.165) is 19.4 Å². The first kappa shape index (κ1) is 14.6. The van der Waals surface area contributed by atoms with Gasteiger partial charge in [0.25, 0.3) is 5.56 Å². The van der Waals surface area contributed by atoms with Gasteiger partial charge in [-0.3, -0.25) is 4.79 Å². The fourth-order valence-corrected chi connectivity index (χ4v) is 2.44. The van der Waals surface area contributed by atoms with E-state index < -0.39 is 0 Å². The minimum Gasteiger partial charge on any atom is -0.352 e. The average Bonchev–Trinajstić information content (AvgIpc) is 2.92. The van der Waals surface area contributed by atoms with Gasteiger partial charge in [-0.05, 0) is 31.2 Å². The van der Waals surface area contributed by atoms with Gasteiger partial charge in [-0.2, -0.15) is 0 Å². The van der Waals surface area contributed by atoms with Crippen LogP contribution in [0.1, 0.15) is 31.4 Å². The van der Waals surface area contributed by atoms with Crippen molar-refractivity contribution >= 4 is 0 Å². The van der Waals surface area contributed by atoms with Crippen LogP contribution in [0.25, 0.3) is 0 Å². The van der Waals surface area contributed by atoms with Gasteiger partial charge in [0.2, 0.25) is 0 Å². The van der Waals surface area contributed by atoms with E-state index in [9.17, 15) is 4.79 Å². The fraction of sp³-hybridized carbons (Fsp3) is 0.438. The molecule has 1 atom stereocenters. The second-order valence-corrected chi connectivity index (χ2v) is 5.04. The second-order valence-electron chi connectivity index (χ2n) is 5.04. The second kappa shape index (κ2) is 7.10. The van der Waals surface area contributed by atoms with Crippen LogP contribution in [0, 0.1) is 0 Å². The normalized spacial score (nSPS) is 12.5. The van der Waals surface area contributed by atoms with E-state index in [1.165, 1.54) is 5.56 Å². The highest BCUT2D eigenvalue weighted by molar-refractivity contribution is 5.15. The first-order valence-electron chi connectivity index (χ1n) is 7.23. The van der Waals surface area contributed by atoms with Crippen LogP contribution < -0.4 is 10.9 Å². The molecule has 20 heavy (non-hydrogen) atoms. The Hall–Kier alpha value is -1.81. The summed E-state index contributed by atoms with van der Waals surface area (Å²) in [5.41, 5.74) is 1.37.